The third-order valence-electron chi connectivity index (χ3n) is 6.15. The quantitative estimate of drug-likeness (QED) is 0.217. The molecule has 0 radical (unpaired) electrons. The number of hydrogen-bond donors (Lipinski definition) is 0. The van der Waals surface area contributed by atoms with Gasteiger partial charge in [0.2, 0.25) is 0 Å². The first kappa shape index (κ1) is 29.9. The average molecular weight is 521 g/mol. The zero-order chi connectivity index (χ0) is 28.4. The van der Waals surface area contributed by atoms with E-state index in [1.807, 2.05) is 52.0 Å². The molecule has 0 N–H and O–H groups in total. The second kappa shape index (κ2) is 17.0. The molecule has 0 heteroatoms. The van der Waals surface area contributed by atoms with Crippen LogP contribution in [0.4, 0.5) is 0 Å². The summed E-state index contributed by atoms with van der Waals surface area (Å²) >= 11 is 0. The first-order valence-electron chi connectivity index (χ1n) is 14.3. The zero-order valence-electron chi connectivity index (χ0n) is 24.2. The van der Waals surface area contributed by atoms with Crippen molar-refractivity contribution in [2.24, 2.45) is 0 Å². The highest BCUT2D eigenvalue weighted by atomic mass is 14.1. The normalized spacial score (nSPS) is 9.50. The fourth-order valence-electron chi connectivity index (χ4n) is 4.28. The Labute approximate surface area is 241 Å². The van der Waals surface area contributed by atoms with E-state index in [4.69, 9.17) is 0 Å². The monoisotopic (exact) mass is 520 g/mol. The van der Waals surface area contributed by atoms with Crippen LogP contribution in [0.5, 0.6) is 0 Å². The highest BCUT2D eigenvalue weighted by Crippen LogP contribution is 2.27. The van der Waals surface area contributed by atoms with Crippen LogP contribution in [0.3, 0.4) is 0 Å². The van der Waals surface area contributed by atoms with Gasteiger partial charge in [-0.25, -0.2) is 0 Å². The van der Waals surface area contributed by atoms with Gasteiger partial charge in [-0.15, -0.1) is 0 Å². The number of rotatable bonds is 4. The van der Waals surface area contributed by atoms with Crippen LogP contribution in [-0.2, 0) is 0 Å². The van der Waals surface area contributed by atoms with Crippen molar-refractivity contribution in [3.8, 4) is 44.5 Å². The van der Waals surface area contributed by atoms with Gasteiger partial charge in [0.05, 0.1) is 0 Å². The third-order valence-corrected chi connectivity index (χ3v) is 6.15. The molecule has 0 aliphatic heterocycles. The highest BCUT2D eigenvalue weighted by Gasteiger charge is 2.01. The Hall–Kier alpha value is -4.68. The maximum absolute atomic E-state index is 2.24. The minimum absolute atomic E-state index is 1.26. The van der Waals surface area contributed by atoms with Gasteiger partial charge in [0.25, 0.3) is 0 Å². The fraction of sp³-hybridized carbons (Fsp3) is 0.100. The van der Waals surface area contributed by atoms with Gasteiger partial charge < -0.3 is 0 Å². The lowest BCUT2D eigenvalue weighted by molar-refractivity contribution is 1.50. The molecule has 0 bridgehead atoms. The Bertz CT molecular complexity index is 1260. The molecule has 0 heterocycles. The van der Waals surface area contributed by atoms with Crippen LogP contribution in [0.1, 0.15) is 27.7 Å². The second-order valence-electron chi connectivity index (χ2n) is 8.63. The van der Waals surface area contributed by atoms with Crippen LogP contribution < -0.4 is 0 Å². The van der Waals surface area contributed by atoms with Crippen LogP contribution in [-0.4, -0.2) is 0 Å². The standard InChI is InChI=1S/2C18H14.2C2H6/c2*1-3-8-15(9-4-1)17-12-7-13-18(14-17)16-10-5-2-6-11-16;2*1-2/h2*1-14H;2*1-2H3. The Morgan fingerprint density at radius 3 is 0.575 bits per heavy atom. The highest BCUT2D eigenvalue weighted by molar-refractivity contribution is 5.74. The predicted molar refractivity (Wildman–Crippen MR) is 177 cm³/mol. The minimum Gasteiger partial charge on any atom is -0.0683 e. The first-order chi connectivity index (χ1) is 19.9. The molecule has 6 aromatic carbocycles. The second-order valence-corrected chi connectivity index (χ2v) is 8.63. The van der Waals surface area contributed by atoms with Crippen molar-refractivity contribution >= 4 is 0 Å². The van der Waals surface area contributed by atoms with Crippen molar-refractivity contribution in [2.75, 3.05) is 0 Å². The lowest BCUT2D eigenvalue weighted by Crippen LogP contribution is -1.80. The molecule has 6 aromatic rings. The molecule has 0 aliphatic carbocycles. The van der Waals surface area contributed by atoms with Gasteiger partial charge in [0.15, 0.2) is 0 Å². The predicted octanol–water partition coefficient (Wildman–Crippen LogP) is 12.1. The van der Waals surface area contributed by atoms with Crippen molar-refractivity contribution in [2.45, 2.75) is 27.7 Å². The minimum atomic E-state index is 1.26. The smallest absolute Gasteiger partial charge is 0.0178 e. The molecule has 0 saturated heterocycles. The molecule has 6 rings (SSSR count). The van der Waals surface area contributed by atoms with Crippen LogP contribution in [0, 0.1) is 0 Å². The molecule has 200 valence electrons. The van der Waals surface area contributed by atoms with Crippen LogP contribution in [0.15, 0.2) is 170 Å². The van der Waals surface area contributed by atoms with Crippen LogP contribution in [0.25, 0.3) is 44.5 Å². The topological polar surface area (TPSA) is 0 Å². The summed E-state index contributed by atoms with van der Waals surface area (Å²) in [6.07, 6.45) is 0. The van der Waals surface area contributed by atoms with E-state index in [1.54, 1.807) is 0 Å². The van der Waals surface area contributed by atoms with Crippen molar-refractivity contribution < 1.29 is 0 Å². The van der Waals surface area contributed by atoms with Gasteiger partial charge in [-0.3, -0.25) is 0 Å². The molecule has 0 aromatic heterocycles. The van der Waals surface area contributed by atoms with Crippen LogP contribution in [0.2, 0.25) is 0 Å². The van der Waals surface area contributed by atoms with Crippen molar-refractivity contribution in [3.63, 3.8) is 0 Å². The van der Waals surface area contributed by atoms with Gasteiger partial charge in [0.1, 0.15) is 0 Å². The SMILES string of the molecule is CC.CC.c1ccc(-c2cccc(-c3ccccc3)c2)cc1.c1ccc(-c2cccc(-c3ccccc3)c2)cc1. The van der Waals surface area contributed by atoms with E-state index in [1.165, 1.54) is 44.5 Å². The molecule has 0 saturated carbocycles. The van der Waals surface area contributed by atoms with E-state index in [0.717, 1.165) is 0 Å². The van der Waals surface area contributed by atoms with E-state index < -0.39 is 0 Å². The molecule has 0 amide bonds. The Kier molecular flexibility index (Phi) is 12.7. The van der Waals surface area contributed by atoms with Gasteiger partial charge in [-0.2, -0.15) is 0 Å². The molecule has 0 unspecified atom stereocenters. The maximum atomic E-state index is 2.24. The molecule has 0 aliphatic rings. The van der Waals surface area contributed by atoms with E-state index in [9.17, 15) is 0 Å². The summed E-state index contributed by atoms with van der Waals surface area (Å²) in [5.74, 6) is 0. The average Bonchev–Trinajstić information content (AvgIpc) is 3.09. The van der Waals surface area contributed by atoms with Gasteiger partial charge in [0, 0.05) is 0 Å². The largest absolute Gasteiger partial charge is 0.0683 e. The van der Waals surface area contributed by atoms with Crippen molar-refractivity contribution in [3.05, 3.63) is 170 Å². The lowest BCUT2D eigenvalue weighted by Gasteiger charge is -2.05. The van der Waals surface area contributed by atoms with Crippen molar-refractivity contribution in [1.82, 2.24) is 0 Å². The summed E-state index contributed by atoms with van der Waals surface area (Å²) in [7, 11) is 0. The molecular weight excluding hydrogens is 480 g/mol. The maximum Gasteiger partial charge on any atom is -0.0178 e. The first-order valence-corrected chi connectivity index (χ1v) is 14.3. The lowest BCUT2D eigenvalue weighted by atomic mass is 9.99. The Morgan fingerprint density at radius 1 is 0.200 bits per heavy atom. The van der Waals surface area contributed by atoms with Crippen LogP contribution >= 0.6 is 0 Å². The van der Waals surface area contributed by atoms with Gasteiger partial charge in [-0.1, -0.05) is 185 Å². The Balaban J connectivity index is 0.000000196. The van der Waals surface area contributed by atoms with Gasteiger partial charge in [-0.05, 0) is 56.6 Å². The van der Waals surface area contributed by atoms with E-state index in [2.05, 4.69) is 146 Å². The molecule has 40 heavy (non-hydrogen) atoms. The van der Waals surface area contributed by atoms with E-state index >= 15 is 0 Å². The summed E-state index contributed by atoms with van der Waals surface area (Å²) < 4.78 is 0. The molecule has 0 nitrogen and oxygen atoms in total. The summed E-state index contributed by atoms with van der Waals surface area (Å²) in [5.41, 5.74) is 10.1. The summed E-state index contributed by atoms with van der Waals surface area (Å²) in [4.78, 5) is 0. The summed E-state index contributed by atoms with van der Waals surface area (Å²) in [5, 5.41) is 0. The van der Waals surface area contributed by atoms with E-state index in [0.29, 0.717) is 0 Å². The van der Waals surface area contributed by atoms with Crippen molar-refractivity contribution in [1.29, 1.82) is 0 Å². The molecule has 0 spiro atoms. The summed E-state index contributed by atoms with van der Waals surface area (Å²) in [6.45, 7) is 8.00. The summed E-state index contributed by atoms with van der Waals surface area (Å²) in [6, 6.07) is 59.3. The Morgan fingerprint density at radius 2 is 0.375 bits per heavy atom. The fourth-order valence-corrected chi connectivity index (χ4v) is 4.28. The third kappa shape index (κ3) is 8.68. The molecule has 0 fully saturated rings. The van der Waals surface area contributed by atoms with E-state index in [-0.39, 0.29) is 0 Å². The van der Waals surface area contributed by atoms with Gasteiger partial charge >= 0.3 is 0 Å². The molecule has 0 atom stereocenters. The zero-order valence-corrected chi connectivity index (χ0v) is 24.2. The number of hydrogen-bond acceptors (Lipinski definition) is 0. The molecular formula is C40H40. The number of benzene rings is 6.